The zero-order valence-electron chi connectivity index (χ0n) is 8.57. The molecule has 0 saturated carbocycles. The maximum Gasteiger partial charge on any atom is 0.338 e. The van der Waals surface area contributed by atoms with Crippen LogP contribution in [0.2, 0.25) is 0 Å². The fraction of sp³-hybridized carbons (Fsp3) is 0.300. The van der Waals surface area contributed by atoms with Crippen molar-refractivity contribution in [2.45, 2.75) is 20.8 Å². The summed E-state index contributed by atoms with van der Waals surface area (Å²) in [5.74, 6) is -6.41. The van der Waals surface area contributed by atoms with Crippen LogP contribution in [0.3, 0.4) is 0 Å². The van der Waals surface area contributed by atoms with Crippen molar-refractivity contribution < 1.29 is 23.1 Å². The SMILES string of the molecule is CC.Cc1cc(C(=O)O)c(F)c(F)c1F. The molecule has 0 aromatic heterocycles. The van der Waals surface area contributed by atoms with Gasteiger partial charge in [-0.25, -0.2) is 18.0 Å². The molecule has 0 aliphatic carbocycles. The molecule has 0 spiro atoms. The summed E-state index contributed by atoms with van der Waals surface area (Å²) >= 11 is 0. The Morgan fingerprint density at radius 3 is 2.00 bits per heavy atom. The number of rotatable bonds is 1. The maximum atomic E-state index is 12.7. The van der Waals surface area contributed by atoms with Crippen LogP contribution in [-0.2, 0) is 0 Å². The van der Waals surface area contributed by atoms with Crippen molar-refractivity contribution in [3.8, 4) is 0 Å². The molecule has 0 amide bonds. The first-order chi connectivity index (χ1) is 6.95. The second kappa shape index (κ2) is 5.38. The fourth-order valence-corrected chi connectivity index (χ4v) is 0.887. The van der Waals surface area contributed by atoms with Gasteiger partial charge in [-0.2, -0.15) is 0 Å². The van der Waals surface area contributed by atoms with Crippen LogP contribution in [0.4, 0.5) is 13.2 Å². The van der Waals surface area contributed by atoms with E-state index < -0.39 is 29.0 Å². The molecule has 0 radical (unpaired) electrons. The molecule has 0 heterocycles. The van der Waals surface area contributed by atoms with Gasteiger partial charge in [0.15, 0.2) is 17.5 Å². The van der Waals surface area contributed by atoms with Crippen molar-refractivity contribution >= 4 is 5.97 Å². The zero-order valence-corrected chi connectivity index (χ0v) is 8.57. The molecule has 0 aliphatic rings. The van der Waals surface area contributed by atoms with E-state index in [1.54, 1.807) is 0 Å². The van der Waals surface area contributed by atoms with E-state index in [0.29, 0.717) is 0 Å². The summed E-state index contributed by atoms with van der Waals surface area (Å²) in [4.78, 5) is 10.3. The Bertz CT molecular complexity index is 375. The number of benzene rings is 1. The van der Waals surface area contributed by atoms with Crippen LogP contribution in [0.5, 0.6) is 0 Å². The van der Waals surface area contributed by atoms with Gasteiger partial charge in [-0.15, -0.1) is 0 Å². The number of halogens is 3. The first-order valence-electron chi connectivity index (χ1n) is 4.32. The van der Waals surface area contributed by atoms with E-state index in [9.17, 15) is 18.0 Å². The smallest absolute Gasteiger partial charge is 0.338 e. The van der Waals surface area contributed by atoms with Crippen LogP contribution in [0.25, 0.3) is 0 Å². The van der Waals surface area contributed by atoms with E-state index in [-0.39, 0.29) is 5.56 Å². The Morgan fingerprint density at radius 2 is 1.60 bits per heavy atom. The second-order valence-corrected chi connectivity index (χ2v) is 2.49. The molecule has 0 atom stereocenters. The van der Waals surface area contributed by atoms with Gasteiger partial charge in [-0.05, 0) is 18.6 Å². The van der Waals surface area contributed by atoms with Gasteiger partial charge in [0.2, 0.25) is 0 Å². The molecule has 1 aromatic carbocycles. The monoisotopic (exact) mass is 220 g/mol. The van der Waals surface area contributed by atoms with E-state index >= 15 is 0 Å². The number of hydrogen-bond donors (Lipinski definition) is 1. The summed E-state index contributed by atoms with van der Waals surface area (Å²) in [5, 5.41) is 8.38. The summed E-state index contributed by atoms with van der Waals surface area (Å²) in [6.07, 6.45) is 0. The average molecular weight is 220 g/mol. The van der Waals surface area contributed by atoms with Gasteiger partial charge in [0.05, 0.1) is 5.56 Å². The highest BCUT2D eigenvalue weighted by Crippen LogP contribution is 2.18. The molecule has 5 heteroatoms. The Labute approximate surface area is 85.3 Å². The largest absolute Gasteiger partial charge is 0.478 e. The van der Waals surface area contributed by atoms with Crippen molar-refractivity contribution in [2.75, 3.05) is 0 Å². The molecule has 1 rings (SSSR count). The van der Waals surface area contributed by atoms with E-state index in [0.717, 1.165) is 13.0 Å². The van der Waals surface area contributed by atoms with Gasteiger partial charge in [0.25, 0.3) is 0 Å². The van der Waals surface area contributed by atoms with E-state index in [2.05, 4.69) is 0 Å². The Hall–Kier alpha value is -1.52. The van der Waals surface area contributed by atoms with Crippen molar-refractivity contribution in [1.29, 1.82) is 0 Å². The third-order valence-electron chi connectivity index (χ3n) is 1.56. The Kier molecular flexibility index (Phi) is 4.84. The minimum atomic E-state index is -1.75. The summed E-state index contributed by atoms with van der Waals surface area (Å²) in [6.45, 7) is 5.16. The lowest BCUT2D eigenvalue weighted by molar-refractivity contribution is 0.0690. The molecule has 0 unspecified atom stereocenters. The molecular formula is C10H11F3O2. The first kappa shape index (κ1) is 13.5. The van der Waals surface area contributed by atoms with Gasteiger partial charge in [0, 0.05) is 0 Å². The molecule has 0 bridgehead atoms. The van der Waals surface area contributed by atoms with Crippen LogP contribution in [0, 0.1) is 24.4 Å². The highest BCUT2D eigenvalue weighted by molar-refractivity contribution is 5.88. The highest BCUT2D eigenvalue weighted by atomic mass is 19.2. The van der Waals surface area contributed by atoms with E-state index in [1.807, 2.05) is 13.8 Å². The van der Waals surface area contributed by atoms with Gasteiger partial charge in [-0.1, -0.05) is 13.8 Å². The quantitative estimate of drug-likeness (QED) is 0.738. The summed E-state index contributed by atoms with van der Waals surface area (Å²) in [7, 11) is 0. The lowest BCUT2D eigenvalue weighted by atomic mass is 10.1. The predicted molar refractivity (Wildman–Crippen MR) is 49.4 cm³/mol. The third-order valence-corrected chi connectivity index (χ3v) is 1.56. The van der Waals surface area contributed by atoms with Gasteiger partial charge >= 0.3 is 5.97 Å². The third kappa shape index (κ3) is 2.71. The predicted octanol–water partition coefficient (Wildman–Crippen LogP) is 3.14. The van der Waals surface area contributed by atoms with Crippen molar-refractivity contribution in [3.05, 3.63) is 34.6 Å². The van der Waals surface area contributed by atoms with Gasteiger partial charge < -0.3 is 5.11 Å². The number of aromatic carboxylic acids is 1. The van der Waals surface area contributed by atoms with Gasteiger partial charge in [-0.3, -0.25) is 0 Å². The molecule has 2 nitrogen and oxygen atoms in total. The molecule has 0 aliphatic heterocycles. The van der Waals surface area contributed by atoms with Crippen LogP contribution >= 0.6 is 0 Å². The minimum Gasteiger partial charge on any atom is -0.478 e. The van der Waals surface area contributed by atoms with E-state index in [1.165, 1.54) is 0 Å². The van der Waals surface area contributed by atoms with Crippen LogP contribution < -0.4 is 0 Å². The maximum absolute atomic E-state index is 12.7. The molecule has 0 saturated heterocycles. The lowest BCUT2D eigenvalue weighted by Crippen LogP contribution is -2.06. The molecule has 0 fully saturated rings. The normalized spacial score (nSPS) is 9.20. The summed E-state index contributed by atoms with van der Waals surface area (Å²) in [6, 6.07) is 0.746. The zero-order chi connectivity index (χ0) is 12.2. The Balaban J connectivity index is 0.000000921. The topological polar surface area (TPSA) is 37.3 Å². The summed E-state index contributed by atoms with van der Waals surface area (Å²) in [5.41, 5.74) is -1.10. The highest BCUT2D eigenvalue weighted by Gasteiger charge is 2.20. The summed E-state index contributed by atoms with van der Waals surface area (Å²) < 4.78 is 37.9. The number of carboxylic acid groups (broad SMARTS) is 1. The van der Waals surface area contributed by atoms with Crippen molar-refractivity contribution in [3.63, 3.8) is 0 Å². The number of aryl methyl sites for hydroxylation is 1. The number of hydrogen-bond acceptors (Lipinski definition) is 1. The van der Waals surface area contributed by atoms with Gasteiger partial charge in [0.1, 0.15) is 0 Å². The second-order valence-electron chi connectivity index (χ2n) is 2.49. The minimum absolute atomic E-state index is 0.240. The molecular weight excluding hydrogens is 209 g/mol. The molecule has 15 heavy (non-hydrogen) atoms. The average Bonchev–Trinajstić information content (AvgIpc) is 2.23. The standard InChI is InChI=1S/C8H5F3O2.C2H6/c1-3-2-4(8(12)13)6(10)7(11)5(3)9;1-2/h2H,1H3,(H,12,13);1-2H3. The number of carbonyl (C=O) groups is 1. The molecule has 1 aromatic rings. The fourth-order valence-electron chi connectivity index (χ4n) is 0.887. The van der Waals surface area contributed by atoms with Crippen molar-refractivity contribution in [1.82, 2.24) is 0 Å². The lowest BCUT2D eigenvalue weighted by Gasteiger charge is -2.02. The van der Waals surface area contributed by atoms with Crippen LogP contribution in [-0.4, -0.2) is 11.1 Å². The molecule has 1 N–H and O–H groups in total. The van der Waals surface area contributed by atoms with E-state index in [4.69, 9.17) is 5.11 Å². The van der Waals surface area contributed by atoms with Crippen LogP contribution in [0.1, 0.15) is 29.8 Å². The molecule has 84 valence electrons. The first-order valence-corrected chi connectivity index (χ1v) is 4.32. The number of carboxylic acids is 1. The van der Waals surface area contributed by atoms with Crippen LogP contribution in [0.15, 0.2) is 6.07 Å². The Morgan fingerprint density at radius 1 is 1.13 bits per heavy atom. The van der Waals surface area contributed by atoms with Crippen molar-refractivity contribution in [2.24, 2.45) is 0 Å².